The molecule has 1 N–H and O–H groups in total. The number of rotatable bonds is 9. The number of aromatic nitrogens is 1. The van der Waals surface area contributed by atoms with Crippen LogP contribution in [0.3, 0.4) is 0 Å². The van der Waals surface area contributed by atoms with Crippen molar-refractivity contribution in [2.24, 2.45) is 0 Å². The summed E-state index contributed by atoms with van der Waals surface area (Å²) in [5, 5.41) is 3.44. The highest BCUT2D eigenvalue weighted by Gasteiger charge is 2.34. The van der Waals surface area contributed by atoms with Gasteiger partial charge in [0.2, 0.25) is 5.91 Å². The number of fused-ring (bicyclic) bond motifs is 1. The Kier molecular flexibility index (Phi) is 7.52. The lowest BCUT2D eigenvalue weighted by Gasteiger charge is -2.07. The maximum Gasteiger partial charge on any atom is 0.293 e. The Morgan fingerprint density at radius 2 is 2.17 bits per heavy atom. The smallest absolute Gasteiger partial charge is 0.293 e. The third-order valence-corrected chi connectivity index (χ3v) is 5.91. The molecule has 0 atom stereocenters. The van der Waals surface area contributed by atoms with Crippen LogP contribution in [0.5, 0.6) is 0 Å². The van der Waals surface area contributed by atoms with Gasteiger partial charge in [0, 0.05) is 53.9 Å². The number of ether oxygens (including phenoxy) is 1. The molecule has 0 radical (unpaired) electrons. The second kappa shape index (κ2) is 10.1. The highest BCUT2D eigenvalue weighted by Crippen LogP contribution is 2.34. The van der Waals surface area contributed by atoms with Gasteiger partial charge in [0.15, 0.2) is 0 Å². The summed E-state index contributed by atoms with van der Waals surface area (Å²) in [7, 11) is 1.62. The average molecular weight is 492 g/mol. The van der Waals surface area contributed by atoms with Crippen LogP contribution in [0.1, 0.15) is 12.0 Å². The highest BCUT2D eigenvalue weighted by molar-refractivity contribution is 9.10. The maximum absolute atomic E-state index is 12.5. The van der Waals surface area contributed by atoms with Crippen LogP contribution in [0.25, 0.3) is 17.0 Å². The lowest BCUT2D eigenvalue weighted by molar-refractivity contribution is -0.122. The molecule has 3 rings (SSSR count). The molecule has 3 amide bonds. The normalized spacial score (nSPS) is 15.4. The zero-order valence-electron chi connectivity index (χ0n) is 16.5. The third kappa shape index (κ3) is 5.03. The van der Waals surface area contributed by atoms with Crippen molar-refractivity contribution in [1.29, 1.82) is 0 Å². The van der Waals surface area contributed by atoms with Gasteiger partial charge in [-0.1, -0.05) is 22.0 Å². The Hall–Kier alpha value is -2.36. The summed E-state index contributed by atoms with van der Waals surface area (Å²) in [6, 6.07) is 5.75. The molecule has 2 heterocycles. The number of halogens is 1. The van der Waals surface area contributed by atoms with Gasteiger partial charge in [-0.25, -0.2) is 0 Å². The van der Waals surface area contributed by atoms with Crippen LogP contribution in [0.2, 0.25) is 0 Å². The molecule has 7 nitrogen and oxygen atoms in total. The molecule has 1 aliphatic rings. The number of thioether (sulfide) groups is 1. The van der Waals surface area contributed by atoms with Gasteiger partial charge < -0.3 is 14.6 Å². The minimum Gasteiger partial charge on any atom is -0.385 e. The molecule has 1 aliphatic heterocycles. The number of hydrogen-bond donors (Lipinski definition) is 1. The monoisotopic (exact) mass is 491 g/mol. The van der Waals surface area contributed by atoms with Crippen molar-refractivity contribution in [3.8, 4) is 0 Å². The Balaban J connectivity index is 1.88. The molecule has 30 heavy (non-hydrogen) atoms. The molecule has 0 saturated carbocycles. The fraction of sp³-hybridized carbons (Fsp3) is 0.286. The van der Waals surface area contributed by atoms with E-state index < -0.39 is 0 Å². The van der Waals surface area contributed by atoms with E-state index in [9.17, 15) is 14.4 Å². The number of benzene rings is 1. The summed E-state index contributed by atoms with van der Waals surface area (Å²) in [6.45, 7) is 5.05. The van der Waals surface area contributed by atoms with Gasteiger partial charge in [-0.3, -0.25) is 19.3 Å². The molecule has 0 spiro atoms. The number of amides is 3. The minimum atomic E-state index is -0.336. The number of hydrogen-bond acceptors (Lipinski definition) is 5. The van der Waals surface area contributed by atoms with Crippen molar-refractivity contribution in [1.82, 2.24) is 14.8 Å². The van der Waals surface area contributed by atoms with Gasteiger partial charge in [0.25, 0.3) is 11.1 Å². The zero-order chi connectivity index (χ0) is 21.7. The first-order valence-corrected chi connectivity index (χ1v) is 11.0. The van der Waals surface area contributed by atoms with E-state index in [0.717, 1.165) is 44.0 Å². The van der Waals surface area contributed by atoms with E-state index in [-0.39, 0.29) is 30.1 Å². The quantitative estimate of drug-likeness (QED) is 0.328. The number of carbonyl (C=O) groups excluding carboxylic acids is 3. The topological polar surface area (TPSA) is 80.6 Å². The molecule has 0 unspecified atom stereocenters. The van der Waals surface area contributed by atoms with Crippen LogP contribution in [0.15, 0.2) is 46.4 Å². The van der Waals surface area contributed by atoms with Crippen molar-refractivity contribution in [2.45, 2.75) is 13.0 Å². The first-order valence-electron chi connectivity index (χ1n) is 9.35. The Labute approximate surface area is 187 Å². The third-order valence-electron chi connectivity index (χ3n) is 4.51. The van der Waals surface area contributed by atoms with Gasteiger partial charge in [-0.15, -0.1) is 6.58 Å². The zero-order valence-corrected chi connectivity index (χ0v) is 18.9. The minimum absolute atomic E-state index is 0.108. The standard InChI is InChI=1S/C21H22BrN3O4S/c1-3-8-25-20(27)18(30-21(25)28)10-14-12-24(13-19(26)23-7-4-9-29-2)17-6-5-15(22)11-16(14)17/h3,5-6,10-12H,1,4,7-9,13H2,2H3,(H,23,26)/b18-10-. The Morgan fingerprint density at radius 1 is 1.37 bits per heavy atom. The van der Waals surface area contributed by atoms with Crippen LogP contribution < -0.4 is 5.32 Å². The summed E-state index contributed by atoms with van der Waals surface area (Å²) in [4.78, 5) is 38.5. The van der Waals surface area contributed by atoms with Crippen LogP contribution in [-0.2, 0) is 20.9 Å². The van der Waals surface area contributed by atoms with Gasteiger partial charge in [-0.05, 0) is 42.5 Å². The van der Waals surface area contributed by atoms with Crippen LogP contribution in [0, 0.1) is 0 Å². The fourth-order valence-electron chi connectivity index (χ4n) is 3.13. The van der Waals surface area contributed by atoms with E-state index in [4.69, 9.17) is 4.74 Å². The molecule has 0 bridgehead atoms. The Morgan fingerprint density at radius 3 is 2.90 bits per heavy atom. The summed E-state index contributed by atoms with van der Waals surface area (Å²) in [5.74, 6) is -0.444. The summed E-state index contributed by atoms with van der Waals surface area (Å²) in [6.07, 6.45) is 5.80. The van der Waals surface area contributed by atoms with E-state index in [1.165, 1.54) is 6.08 Å². The summed E-state index contributed by atoms with van der Waals surface area (Å²) in [5.41, 5.74) is 1.63. The van der Waals surface area contributed by atoms with Gasteiger partial charge in [0.05, 0.1) is 4.91 Å². The summed E-state index contributed by atoms with van der Waals surface area (Å²) >= 11 is 4.38. The highest BCUT2D eigenvalue weighted by atomic mass is 79.9. The molecule has 1 fully saturated rings. The molecular formula is C21H22BrN3O4S. The number of nitrogens with zero attached hydrogens (tertiary/aromatic N) is 2. The van der Waals surface area contributed by atoms with Crippen molar-refractivity contribution < 1.29 is 19.1 Å². The van der Waals surface area contributed by atoms with E-state index in [2.05, 4.69) is 27.8 Å². The van der Waals surface area contributed by atoms with Gasteiger partial charge in [-0.2, -0.15) is 0 Å². The second-order valence-corrected chi connectivity index (χ2v) is 8.56. The average Bonchev–Trinajstić information content (AvgIpc) is 3.17. The number of imide groups is 1. The maximum atomic E-state index is 12.5. The molecule has 2 aromatic rings. The largest absolute Gasteiger partial charge is 0.385 e. The van der Waals surface area contributed by atoms with E-state index >= 15 is 0 Å². The predicted molar refractivity (Wildman–Crippen MR) is 122 cm³/mol. The second-order valence-electron chi connectivity index (χ2n) is 6.65. The molecule has 1 saturated heterocycles. The van der Waals surface area contributed by atoms with Crippen molar-refractivity contribution in [3.63, 3.8) is 0 Å². The molecular weight excluding hydrogens is 470 g/mol. The van der Waals surface area contributed by atoms with E-state index in [0.29, 0.717) is 18.1 Å². The Bertz CT molecular complexity index is 1030. The molecule has 1 aromatic heterocycles. The number of methoxy groups -OCH3 is 1. The van der Waals surface area contributed by atoms with Gasteiger partial charge in [0.1, 0.15) is 6.54 Å². The van der Waals surface area contributed by atoms with E-state index in [1.54, 1.807) is 13.2 Å². The first-order chi connectivity index (χ1) is 14.4. The number of nitrogens with one attached hydrogen (secondary N) is 1. The van der Waals surface area contributed by atoms with Crippen LogP contribution in [0.4, 0.5) is 4.79 Å². The SMILES string of the molecule is C=CCN1C(=O)S/C(=C\c2cn(CC(=O)NCCCOC)c3ccc(Br)cc23)C1=O. The lowest BCUT2D eigenvalue weighted by atomic mass is 10.1. The molecule has 0 aliphatic carbocycles. The van der Waals surface area contributed by atoms with Gasteiger partial charge >= 0.3 is 0 Å². The van der Waals surface area contributed by atoms with Crippen molar-refractivity contribution in [2.75, 3.05) is 26.8 Å². The predicted octanol–water partition coefficient (Wildman–Crippen LogP) is 3.78. The first kappa shape index (κ1) is 22.3. The number of carbonyl (C=O) groups is 3. The van der Waals surface area contributed by atoms with Crippen LogP contribution in [-0.4, -0.2) is 53.3 Å². The van der Waals surface area contributed by atoms with Crippen molar-refractivity contribution in [3.05, 3.63) is 52.0 Å². The fourth-order valence-corrected chi connectivity index (χ4v) is 4.33. The van der Waals surface area contributed by atoms with Crippen LogP contribution >= 0.6 is 27.7 Å². The molecule has 158 valence electrons. The molecule has 1 aromatic carbocycles. The van der Waals surface area contributed by atoms with E-state index in [1.807, 2.05) is 29.0 Å². The molecule has 9 heteroatoms. The van der Waals surface area contributed by atoms with Crippen molar-refractivity contribution >= 4 is 61.7 Å². The summed E-state index contributed by atoms with van der Waals surface area (Å²) < 4.78 is 7.71. The lowest BCUT2D eigenvalue weighted by Crippen LogP contribution is -2.28.